The van der Waals surface area contributed by atoms with Crippen molar-refractivity contribution in [1.82, 2.24) is 10.6 Å². The number of hydrogen-bond donors (Lipinski definition) is 4. The lowest BCUT2D eigenvalue weighted by Gasteiger charge is -2.41. The van der Waals surface area contributed by atoms with Gasteiger partial charge in [0.2, 0.25) is 0 Å². The van der Waals surface area contributed by atoms with Gasteiger partial charge in [0, 0.05) is 49.9 Å². The minimum atomic E-state index is -0.758. The van der Waals surface area contributed by atoms with E-state index in [2.05, 4.69) is 48.0 Å². The zero-order valence-corrected chi connectivity index (χ0v) is 21.7. The van der Waals surface area contributed by atoms with Crippen LogP contribution in [0, 0.1) is 0 Å². The van der Waals surface area contributed by atoms with Crippen LogP contribution in [0.5, 0.6) is 0 Å². The highest BCUT2D eigenvalue weighted by Crippen LogP contribution is 2.41. The van der Waals surface area contributed by atoms with E-state index in [0.717, 1.165) is 36.2 Å². The molecular weight excluding hydrogens is 480 g/mol. The topological polar surface area (TPSA) is 76.7 Å². The fraction of sp³-hybridized carbons (Fsp3) is 0.481. The first-order valence-corrected chi connectivity index (χ1v) is 13.5. The number of esters is 2. The average molecular weight is 515 g/mol. The zero-order chi connectivity index (χ0) is 24.7. The van der Waals surface area contributed by atoms with E-state index < -0.39 is 11.2 Å². The van der Waals surface area contributed by atoms with Crippen LogP contribution in [0.2, 0.25) is 0 Å². The summed E-state index contributed by atoms with van der Waals surface area (Å²) < 4.78 is 12.2. The van der Waals surface area contributed by atoms with Crippen LogP contribution in [0.25, 0.3) is 0 Å². The number of ether oxygens (including phenoxy) is 2. The maximum Gasteiger partial charge on any atom is 0.307 e. The van der Waals surface area contributed by atoms with Crippen LogP contribution < -0.4 is 10.6 Å². The van der Waals surface area contributed by atoms with E-state index in [0.29, 0.717) is 31.0 Å². The van der Waals surface area contributed by atoms with E-state index >= 15 is 0 Å². The van der Waals surface area contributed by atoms with Crippen molar-refractivity contribution in [3.63, 3.8) is 0 Å². The summed E-state index contributed by atoms with van der Waals surface area (Å²) in [6, 6.07) is 18.3. The first-order valence-electron chi connectivity index (χ1n) is 12.2. The summed E-state index contributed by atoms with van der Waals surface area (Å²) in [5.74, 6) is 0.556. The third-order valence-corrected chi connectivity index (χ3v) is 7.38. The van der Waals surface area contributed by atoms with E-state index in [-0.39, 0.29) is 30.7 Å². The van der Waals surface area contributed by atoms with Gasteiger partial charge in [0.15, 0.2) is 5.60 Å². The van der Waals surface area contributed by atoms with Crippen molar-refractivity contribution in [2.75, 3.05) is 37.7 Å². The summed E-state index contributed by atoms with van der Waals surface area (Å²) in [6.07, 6.45) is 1.95. The van der Waals surface area contributed by atoms with Crippen molar-refractivity contribution in [2.45, 2.75) is 42.8 Å². The summed E-state index contributed by atoms with van der Waals surface area (Å²) in [6.45, 7) is 2.71. The highest BCUT2D eigenvalue weighted by Gasteiger charge is 2.43. The van der Waals surface area contributed by atoms with Crippen LogP contribution in [-0.4, -0.2) is 49.6 Å². The van der Waals surface area contributed by atoms with Gasteiger partial charge in [-0.1, -0.05) is 54.6 Å². The van der Waals surface area contributed by atoms with E-state index in [1.807, 2.05) is 42.5 Å². The number of nitrogens with one attached hydrogen (secondary N) is 2. The second-order valence-electron chi connectivity index (χ2n) is 9.33. The number of hydrogen-bond acceptors (Lipinski definition) is 8. The van der Waals surface area contributed by atoms with E-state index in [1.165, 1.54) is 0 Å². The van der Waals surface area contributed by atoms with E-state index in [9.17, 15) is 9.59 Å². The lowest BCUT2D eigenvalue weighted by Crippen LogP contribution is -2.49. The van der Waals surface area contributed by atoms with Crippen LogP contribution >= 0.6 is 25.3 Å². The molecule has 2 fully saturated rings. The van der Waals surface area contributed by atoms with Gasteiger partial charge in [-0.3, -0.25) is 9.59 Å². The molecule has 0 spiro atoms. The number of thiol groups is 2. The summed E-state index contributed by atoms with van der Waals surface area (Å²) in [4.78, 5) is 25.0. The Bertz CT molecular complexity index is 1010. The molecule has 0 amide bonds. The number of carbonyl (C=O) groups is 2. The van der Waals surface area contributed by atoms with Crippen LogP contribution in [0.15, 0.2) is 54.6 Å². The Morgan fingerprint density at radius 2 is 1.51 bits per heavy atom. The molecular formula is C27H34N2O4S2. The molecule has 2 N–H and O–H groups in total. The smallest absolute Gasteiger partial charge is 0.307 e. The fourth-order valence-electron chi connectivity index (χ4n) is 5.18. The largest absolute Gasteiger partial charge is 0.453 e. The van der Waals surface area contributed by atoms with Crippen LogP contribution in [0.4, 0.5) is 0 Å². The van der Waals surface area contributed by atoms with Crippen LogP contribution in [0.3, 0.4) is 0 Å². The van der Waals surface area contributed by atoms with Crippen molar-refractivity contribution in [3.8, 4) is 0 Å². The van der Waals surface area contributed by atoms with Gasteiger partial charge < -0.3 is 20.1 Å². The minimum Gasteiger partial charge on any atom is -0.453 e. The van der Waals surface area contributed by atoms with Gasteiger partial charge in [0.1, 0.15) is 5.60 Å². The Morgan fingerprint density at radius 3 is 2.17 bits per heavy atom. The first kappa shape index (κ1) is 26.1. The Kier molecular flexibility index (Phi) is 8.81. The fourth-order valence-corrected chi connectivity index (χ4v) is 5.55. The monoisotopic (exact) mass is 514 g/mol. The molecule has 3 unspecified atom stereocenters. The van der Waals surface area contributed by atoms with Crippen molar-refractivity contribution in [1.29, 1.82) is 0 Å². The third kappa shape index (κ3) is 6.05. The van der Waals surface area contributed by atoms with Gasteiger partial charge in [-0.2, -0.15) is 25.3 Å². The molecule has 3 atom stereocenters. The minimum absolute atomic E-state index is 0.118. The van der Waals surface area contributed by atoms with Crippen molar-refractivity contribution < 1.29 is 19.1 Å². The van der Waals surface area contributed by atoms with Crippen molar-refractivity contribution >= 4 is 37.2 Å². The molecule has 0 aliphatic carbocycles. The third-order valence-electron chi connectivity index (χ3n) is 6.93. The SMILES string of the molecule is O=C(CCS)OC1(c2cccc(C3CNCC(OC(=O)CCS)(c4ccccc4)C3)c2)CCNC1. The molecule has 0 radical (unpaired) electrons. The van der Waals surface area contributed by atoms with Gasteiger partial charge in [0.25, 0.3) is 0 Å². The molecule has 35 heavy (non-hydrogen) atoms. The number of piperidine rings is 1. The van der Waals surface area contributed by atoms with E-state index in [1.54, 1.807) is 0 Å². The molecule has 2 aliphatic rings. The molecule has 2 aliphatic heterocycles. The predicted molar refractivity (Wildman–Crippen MR) is 143 cm³/mol. The van der Waals surface area contributed by atoms with Crippen LogP contribution in [0.1, 0.15) is 48.3 Å². The number of benzene rings is 2. The molecule has 2 aromatic rings. The van der Waals surface area contributed by atoms with Gasteiger partial charge >= 0.3 is 11.9 Å². The molecule has 2 aromatic carbocycles. The maximum atomic E-state index is 12.6. The van der Waals surface area contributed by atoms with Crippen molar-refractivity contribution in [3.05, 3.63) is 71.3 Å². The Morgan fingerprint density at radius 1 is 0.857 bits per heavy atom. The van der Waals surface area contributed by atoms with E-state index in [4.69, 9.17) is 9.47 Å². The Hall–Kier alpha value is -2.00. The van der Waals surface area contributed by atoms with Gasteiger partial charge in [0.05, 0.1) is 12.8 Å². The van der Waals surface area contributed by atoms with Crippen LogP contribution in [-0.2, 0) is 30.3 Å². The molecule has 0 saturated carbocycles. The maximum absolute atomic E-state index is 12.6. The Labute approximate surface area is 218 Å². The highest BCUT2D eigenvalue weighted by molar-refractivity contribution is 7.80. The number of rotatable bonds is 9. The molecule has 8 heteroatoms. The first-order chi connectivity index (χ1) is 17.0. The molecule has 2 heterocycles. The molecule has 0 bridgehead atoms. The normalized spacial score (nSPS) is 26.3. The molecule has 4 rings (SSSR count). The van der Waals surface area contributed by atoms with Gasteiger partial charge in [-0.15, -0.1) is 0 Å². The predicted octanol–water partition coefficient (Wildman–Crippen LogP) is 3.57. The molecule has 2 saturated heterocycles. The Balaban J connectivity index is 1.63. The van der Waals surface area contributed by atoms with Gasteiger partial charge in [-0.05, 0) is 23.2 Å². The average Bonchev–Trinajstić information content (AvgIpc) is 3.34. The molecule has 0 aromatic heterocycles. The standard InChI is InChI=1S/C27H34N2O4S2/c30-24(9-13-34)32-26(11-12-28-18-26)23-8-4-5-20(15-23)21-16-27(19-29-17-21,33-25(31)10-14-35)22-6-2-1-3-7-22/h1-8,15,21,28-29,34-35H,9-14,16-19H2. The molecule has 6 nitrogen and oxygen atoms in total. The summed E-state index contributed by atoms with van der Waals surface area (Å²) in [7, 11) is 0. The second-order valence-corrected chi connectivity index (χ2v) is 10.2. The summed E-state index contributed by atoms with van der Waals surface area (Å²) in [5, 5.41) is 6.87. The lowest BCUT2D eigenvalue weighted by molar-refractivity contribution is -0.163. The van der Waals surface area contributed by atoms with Crippen molar-refractivity contribution in [2.24, 2.45) is 0 Å². The number of carbonyl (C=O) groups excluding carboxylic acids is 2. The highest BCUT2D eigenvalue weighted by atomic mass is 32.1. The molecule has 188 valence electrons. The second kappa shape index (κ2) is 11.8. The zero-order valence-electron chi connectivity index (χ0n) is 19.9. The summed E-state index contributed by atoms with van der Waals surface area (Å²) >= 11 is 8.38. The quantitative estimate of drug-likeness (QED) is 0.303. The summed E-state index contributed by atoms with van der Waals surface area (Å²) in [5.41, 5.74) is 1.68. The van der Waals surface area contributed by atoms with Gasteiger partial charge in [-0.25, -0.2) is 0 Å². The lowest BCUT2D eigenvalue weighted by atomic mass is 9.77.